The Morgan fingerprint density at radius 3 is 2.72 bits per heavy atom. The normalized spacial score (nSPS) is 20.4. The molecule has 1 heterocycles. The van der Waals surface area contributed by atoms with Gasteiger partial charge in [-0.05, 0) is 35.4 Å². The van der Waals surface area contributed by atoms with E-state index >= 15 is 0 Å². The number of carbonyl (C=O) groups is 1. The molecule has 1 saturated heterocycles. The Bertz CT molecular complexity index is 709. The molecule has 0 radical (unpaired) electrons. The number of carbonyl (C=O) groups excluding carboxylic acids is 1. The van der Waals surface area contributed by atoms with Gasteiger partial charge in [0.2, 0.25) is 6.41 Å². The van der Waals surface area contributed by atoms with Crippen LogP contribution in [0.3, 0.4) is 0 Å². The summed E-state index contributed by atoms with van der Waals surface area (Å²) >= 11 is 0. The second-order valence-corrected chi connectivity index (χ2v) is 6.13. The standard InChI is InChI=1S/C19H20F2N2O2/c20-16-3-1-2-15(8-16)12-25-18-6-4-14(5-7-18)10-23-11-17(21)9-19(23)22-13-24/h1-8,13,17,19H,9-12H2,(H,22,24)/t17-,19-/m0/s1. The van der Waals surface area contributed by atoms with Crippen LogP contribution < -0.4 is 10.1 Å². The highest BCUT2D eigenvalue weighted by molar-refractivity contribution is 5.46. The van der Waals surface area contributed by atoms with Crippen LogP contribution in [0.4, 0.5) is 8.78 Å². The average molecular weight is 346 g/mol. The van der Waals surface area contributed by atoms with Gasteiger partial charge in [0, 0.05) is 19.5 Å². The second kappa shape index (κ2) is 8.07. The molecule has 2 atom stereocenters. The number of likely N-dealkylation sites (tertiary alicyclic amines) is 1. The van der Waals surface area contributed by atoms with Crippen LogP contribution >= 0.6 is 0 Å². The molecule has 2 aromatic rings. The van der Waals surface area contributed by atoms with E-state index in [9.17, 15) is 13.6 Å². The van der Waals surface area contributed by atoms with E-state index in [1.165, 1.54) is 12.1 Å². The number of alkyl halides is 1. The summed E-state index contributed by atoms with van der Waals surface area (Å²) in [5, 5.41) is 2.65. The summed E-state index contributed by atoms with van der Waals surface area (Å²) < 4.78 is 32.3. The predicted octanol–water partition coefficient (Wildman–Crippen LogP) is 3.02. The molecule has 0 bridgehead atoms. The maximum Gasteiger partial charge on any atom is 0.208 e. The summed E-state index contributed by atoms with van der Waals surface area (Å²) in [6, 6.07) is 13.8. The molecular weight excluding hydrogens is 326 g/mol. The van der Waals surface area contributed by atoms with Gasteiger partial charge in [-0.15, -0.1) is 0 Å². The molecule has 4 nitrogen and oxygen atoms in total. The van der Waals surface area contributed by atoms with Crippen LogP contribution in [0.1, 0.15) is 17.5 Å². The van der Waals surface area contributed by atoms with Gasteiger partial charge in [0.15, 0.2) is 0 Å². The van der Waals surface area contributed by atoms with E-state index in [0.29, 0.717) is 31.7 Å². The first kappa shape index (κ1) is 17.4. The first-order chi connectivity index (χ1) is 12.1. The molecule has 132 valence electrons. The molecule has 25 heavy (non-hydrogen) atoms. The van der Waals surface area contributed by atoms with E-state index in [2.05, 4.69) is 5.32 Å². The molecule has 3 rings (SSSR count). The number of amides is 1. The highest BCUT2D eigenvalue weighted by atomic mass is 19.1. The van der Waals surface area contributed by atoms with Crippen molar-refractivity contribution in [2.75, 3.05) is 6.54 Å². The van der Waals surface area contributed by atoms with Gasteiger partial charge in [-0.1, -0.05) is 24.3 Å². The highest BCUT2D eigenvalue weighted by Gasteiger charge is 2.31. The Morgan fingerprint density at radius 1 is 1.20 bits per heavy atom. The molecular formula is C19H20F2N2O2. The SMILES string of the molecule is O=CN[C@@H]1C[C@H](F)CN1Cc1ccc(OCc2cccc(F)c2)cc1. The zero-order valence-corrected chi connectivity index (χ0v) is 13.7. The minimum Gasteiger partial charge on any atom is -0.489 e. The quantitative estimate of drug-likeness (QED) is 0.784. The number of hydrogen-bond donors (Lipinski definition) is 1. The largest absolute Gasteiger partial charge is 0.489 e. The maximum atomic E-state index is 13.6. The number of rotatable bonds is 7. The Kier molecular flexibility index (Phi) is 5.60. The zero-order valence-electron chi connectivity index (χ0n) is 13.7. The lowest BCUT2D eigenvalue weighted by Gasteiger charge is -2.23. The molecule has 6 heteroatoms. The number of benzene rings is 2. The third-order valence-corrected chi connectivity index (χ3v) is 4.22. The molecule has 0 aromatic heterocycles. The van der Waals surface area contributed by atoms with Gasteiger partial charge in [-0.2, -0.15) is 0 Å². The van der Waals surface area contributed by atoms with Gasteiger partial charge >= 0.3 is 0 Å². The fraction of sp³-hybridized carbons (Fsp3) is 0.316. The number of ether oxygens (including phenoxy) is 1. The van der Waals surface area contributed by atoms with E-state index < -0.39 is 6.17 Å². The zero-order chi connectivity index (χ0) is 17.6. The van der Waals surface area contributed by atoms with Gasteiger partial charge in [0.05, 0.1) is 6.17 Å². The van der Waals surface area contributed by atoms with Crippen LogP contribution in [0.25, 0.3) is 0 Å². The molecule has 0 aliphatic carbocycles. The van der Waals surface area contributed by atoms with Crippen molar-refractivity contribution in [1.29, 1.82) is 0 Å². The third-order valence-electron chi connectivity index (χ3n) is 4.22. The number of nitrogens with one attached hydrogen (secondary N) is 1. The Balaban J connectivity index is 1.56. The van der Waals surface area contributed by atoms with Crippen molar-refractivity contribution < 1.29 is 18.3 Å². The Hall–Kier alpha value is -2.47. The van der Waals surface area contributed by atoms with Gasteiger partial charge < -0.3 is 10.1 Å². The molecule has 1 N–H and O–H groups in total. The predicted molar refractivity (Wildman–Crippen MR) is 90.1 cm³/mol. The fourth-order valence-corrected chi connectivity index (χ4v) is 2.99. The van der Waals surface area contributed by atoms with Crippen molar-refractivity contribution >= 4 is 6.41 Å². The molecule has 0 saturated carbocycles. The molecule has 0 spiro atoms. The van der Waals surface area contributed by atoms with E-state index in [-0.39, 0.29) is 18.6 Å². The third kappa shape index (κ3) is 4.76. The van der Waals surface area contributed by atoms with Crippen molar-refractivity contribution in [2.45, 2.75) is 31.9 Å². The summed E-state index contributed by atoms with van der Waals surface area (Å²) in [4.78, 5) is 12.5. The van der Waals surface area contributed by atoms with Gasteiger partial charge in [0.25, 0.3) is 0 Å². The van der Waals surface area contributed by atoms with E-state index in [1.54, 1.807) is 12.1 Å². The van der Waals surface area contributed by atoms with Crippen LogP contribution in [-0.2, 0) is 17.9 Å². The number of hydrogen-bond acceptors (Lipinski definition) is 3. The molecule has 1 aliphatic rings. The molecule has 1 fully saturated rings. The van der Waals surface area contributed by atoms with Gasteiger partial charge in [-0.25, -0.2) is 8.78 Å². The molecule has 2 aromatic carbocycles. The molecule has 1 amide bonds. The van der Waals surface area contributed by atoms with Gasteiger partial charge in [0.1, 0.15) is 24.3 Å². The van der Waals surface area contributed by atoms with Crippen molar-refractivity contribution in [3.8, 4) is 5.75 Å². The van der Waals surface area contributed by atoms with E-state index in [1.807, 2.05) is 29.2 Å². The summed E-state index contributed by atoms with van der Waals surface area (Å²) in [7, 11) is 0. The van der Waals surface area contributed by atoms with Crippen LogP contribution in [0.15, 0.2) is 48.5 Å². The van der Waals surface area contributed by atoms with Gasteiger partial charge in [-0.3, -0.25) is 9.69 Å². The van der Waals surface area contributed by atoms with Crippen LogP contribution in [-0.4, -0.2) is 30.2 Å². The summed E-state index contributed by atoms with van der Waals surface area (Å²) in [6.07, 6.45) is -0.269. The topological polar surface area (TPSA) is 41.6 Å². The van der Waals surface area contributed by atoms with Crippen molar-refractivity contribution in [3.05, 3.63) is 65.5 Å². The molecule has 0 unspecified atom stereocenters. The fourth-order valence-electron chi connectivity index (χ4n) is 2.99. The number of halogens is 2. The average Bonchev–Trinajstić information content (AvgIpc) is 2.94. The smallest absolute Gasteiger partial charge is 0.208 e. The summed E-state index contributed by atoms with van der Waals surface area (Å²) in [5.74, 6) is 0.395. The Morgan fingerprint density at radius 2 is 2.00 bits per heavy atom. The van der Waals surface area contributed by atoms with Crippen molar-refractivity contribution in [3.63, 3.8) is 0 Å². The van der Waals surface area contributed by atoms with E-state index in [4.69, 9.17) is 4.74 Å². The first-order valence-corrected chi connectivity index (χ1v) is 8.18. The van der Waals surface area contributed by atoms with Crippen LogP contribution in [0, 0.1) is 5.82 Å². The minimum absolute atomic E-state index is 0.267. The van der Waals surface area contributed by atoms with E-state index in [0.717, 1.165) is 11.1 Å². The molecule has 1 aliphatic heterocycles. The lowest BCUT2D eigenvalue weighted by molar-refractivity contribution is -0.111. The van der Waals surface area contributed by atoms with Crippen LogP contribution in [0.5, 0.6) is 5.75 Å². The second-order valence-electron chi connectivity index (χ2n) is 6.13. The van der Waals surface area contributed by atoms with Crippen molar-refractivity contribution in [2.24, 2.45) is 0 Å². The summed E-state index contributed by atoms with van der Waals surface area (Å²) in [5.41, 5.74) is 1.77. The van der Waals surface area contributed by atoms with Crippen LogP contribution in [0.2, 0.25) is 0 Å². The lowest BCUT2D eigenvalue weighted by atomic mass is 10.2. The number of nitrogens with zero attached hydrogens (tertiary/aromatic N) is 1. The van der Waals surface area contributed by atoms with Crippen molar-refractivity contribution in [1.82, 2.24) is 10.2 Å². The maximum absolute atomic E-state index is 13.6. The highest BCUT2D eigenvalue weighted by Crippen LogP contribution is 2.22. The minimum atomic E-state index is -0.925. The Labute approximate surface area is 145 Å². The monoisotopic (exact) mass is 346 g/mol. The lowest BCUT2D eigenvalue weighted by Crippen LogP contribution is -2.39. The summed E-state index contributed by atoms with van der Waals surface area (Å²) in [6.45, 7) is 1.15. The first-order valence-electron chi connectivity index (χ1n) is 8.18.